The lowest BCUT2D eigenvalue weighted by atomic mass is 9.33. The van der Waals surface area contributed by atoms with Crippen molar-refractivity contribution in [3.63, 3.8) is 0 Å². The van der Waals surface area contributed by atoms with Crippen molar-refractivity contribution in [1.29, 1.82) is 0 Å². The molecule has 18 rings (SSSR count). The van der Waals surface area contributed by atoms with Gasteiger partial charge in [0.1, 0.15) is 0 Å². The molecule has 0 atom stereocenters. The van der Waals surface area contributed by atoms with Crippen LogP contribution in [0.4, 0.5) is 34.1 Å². The molecule has 0 saturated heterocycles. The average Bonchev–Trinajstić information content (AvgIpc) is 1.47. The van der Waals surface area contributed by atoms with Gasteiger partial charge in [0, 0.05) is 66.8 Å². The molecule has 4 heterocycles. The maximum Gasteiger partial charge on any atom is 0.252 e. The van der Waals surface area contributed by atoms with Crippen molar-refractivity contribution >= 4 is 101 Å². The number of rotatable bonds is 9. The lowest BCUT2D eigenvalue weighted by Crippen LogP contribution is -2.61. The summed E-state index contributed by atoms with van der Waals surface area (Å²) in [6.07, 6.45) is 0. The highest BCUT2D eigenvalue weighted by atomic mass is 15.2. The zero-order valence-corrected chi connectivity index (χ0v) is 76.0. The highest BCUT2D eigenvalue weighted by Crippen LogP contribution is 2.56. The quantitative estimate of drug-likeness (QED) is 0.134. The maximum absolute atomic E-state index is 2.78. The van der Waals surface area contributed by atoms with E-state index in [1.807, 2.05) is 0 Å². The van der Waals surface area contributed by atoms with Crippen LogP contribution in [-0.2, 0) is 43.3 Å². The Hall–Kier alpha value is -11.7. The van der Waals surface area contributed by atoms with Gasteiger partial charge in [-0.25, -0.2) is 0 Å². The van der Waals surface area contributed by atoms with E-state index in [4.69, 9.17) is 0 Å². The lowest BCUT2D eigenvalue weighted by molar-refractivity contribution is 0.568. The minimum Gasteiger partial charge on any atom is -0.311 e. The fourth-order valence-electron chi connectivity index (χ4n) is 18.9. The highest BCUT2D eigenvalue weighted by Gasteiger charge is 2.46. The van der Waals surface area contributed by atoms with Gasteiger partial charge in [-0.3, -0.25) is 0 Å². The Morgan fingerprint density at radius 2 is 0.570 bits per heavy atom. The van der Waals surface area contributed by atoms with Crippen LogP contribution in [0.25, 0.3) is 111 Å². The molecular formula is C116H119BN4. The molecule has 16 aromatic rings. The number of aromatic nitrogens is 2. The molecule has 2 aromatic heterocycles. The lowest BCUT2D eigenvalue weighted by Gasteiger charge is -2.46. The molecular weight excluding hydrogens is 1460 g/mol. The number of para-hydroxylation sites is 2. The maximum atomic E-state index is 2.78. The fraction of sp³-hybridized carbons (Fsp3) is 0.276. The van der Waals surface area contributed by atoms with Gasteiger partial charge in [-0.15, -0.1) is 0 Å². The summed E-state index contributed by atoms with van der Waals surface area (Å²) in [6.45, 7) is 56.5. The van der Waals surface area contributed by atoms with E-state index in [1.54, 1.807) is 0 Å². The van der Waals surface area contributed by atoms with Crippen molar-refractivity contribution in [2.45, 2.75) is 209 Å². The summed E-state index contributed by atoms with van der Waals surface area (Å²) >= 11 is 0. The van der Waals surface area contributed by atoms with Crippen LogP contribution >= 0.6 is 0 Å². The van der Waals surface area contributed by atoms with Crippen molar-refractivity contribution in [2.75, 3.05) is 9.80 Å². The van der Waals surface area contributed by atoms with Crippen LogP contribution in [0, 0.1) is 0 Å². The molecule has 0 aliphatic carbocycles. The third-order valence-corrected chi connectivity index (χ3v) is 26.2. The van der Waals surface area contributed by atoms with E-state index in [-0.39, 0.29) is 50.0 Å². The van der Waals surface area contributed by atoms with E-state index in [1.165, 1.54) is 127 Å². The predicted octanol–water partition coefficient (Wildman–Crippen LogP) is 30.7. The molecule has 2 aliphatic rings. The molecule has 0 spiro atoms. The van der Waals surface area contributed by atoms with E-state index in [0.717, 1.165) is 78.8 Å². The van der Waals surface area contributed by atoms with Gasteiger partial charge in [0.2, 0.25) is 0 Å². The Morgan fingerprint density at radius 1 is 0.207 bits per heavy atom. The second-order valence-corrected chi connectivity index (χ2v) is 43.3. The van der Waals surface area contributed by atoms with Crippen molar-refractivity contribution in [3.8, 4) is 67.0 Å². The summed E-state index contributed by atoms with van der Waals surface area (Å²) in [6, 6.07) is 113. The van der Waals surface area contributed by atoms with E-state index < -0.39 is 0 Å². The van der Waals surface area contributed by atoms with Gasteiger partial charge >= 0.3 is 0 Å². The molecule has 2 aliphatic heterocycles. The van der Waals surface area contributed by atoms with Crippen molar-refractivity contribution in [3.05, 3.63) is 330 Å². The van der Waals surface area contributed by atoms with Gasteiger partial charge in [-0.05, 0) is 246 Å². The predicted molar refractivity (Wildman–Crippen MR) is 526 cm³/mol. The summed E-state index contributed by atoms with van der Waals surface area (Å²) in [7, 11) is 0. The van der Waals surface area contributed by atoms with Crippen molar-refractivity contribution < 1.29 is 0 Å². The number of benzene rings is 14. The van der Waals surface area contributed by atoms with Crippen LogP contribution in [0.1, 0.15) is 211 Å². The molecule has 4 nitrogen and oxygen atoms in total. The Bertz CT molecular complexity index is 6630. The molecule has 0 fully saturated rings. The summed E-state index contributed by atoms with van der Waals surface area (Å²) < 4.78 is 5.13. The van der Waals surface area contributed by atoms with Crippen LogP contribution in [0.15, 0.2) is 285 Å². The second kappa shape index (κ2) is 28.5. The Morgan fingerprint density at radius 3 is 1.07 bits per heavy atom. The molecule has 14 aromatic carbocycles. The zero-order valence-electron chi connectivity index (χ0n) is 76.0. The van der Waals surface area contributed by atoms with Crippen molar-refractivity contribution in [2.24, 2.45) is 0 Å². The second-order valence-electron chi connectivity index (χ2n) is 43.3. The van der Waals surface area contributed by atoms with Crippen LogP contribution in [0.3, 0.4) is 0 Å². The van der Waals surface area contributed by atoms with Gasteiger partial charge < -0.3 is 18.9 Å². The molecule has 0 amide bonds. The number of hydrogen-bond donors (Lipinski definition) is 0. The van der Waals surface area contributed by atoms with Gasteiger partial charge in [0.15, 0.2) is 0 Å². The van der Waals surface area contributed by atoms with E-state index in [2.05, 4.69) is 470 Å². The van der Waals surface area contributed by atoms with Gasteiger partial charge in [-0.1, -0.05) is 354 Å². The minimum atomic E-state index is -0.291. The number of anilines is 6. The third kappa shape index (κ3) is 14.2. The molecule has 0 N–H and O–H groups in total. The van der Waals surface area contributed by atoms with Gasteiger partial charge in [0.05, 0.1) is 33.4 Å². The van der Waals surface area contributed by atoms with Crippen LogP contribution in [0.5, 0.6) is 0 Å². The standard InChI is InChI=1S/C116H119BN4/c1-109(2,3)80-42-36-41-74(55-80)78-61-102-106(90-45-34-35-46-97(90)118(102)88-43-32-27-33-44-88)103(62-78)120-101-71-89(119-98-53-48-81(110(4,5)6)67-93(98)94-68-82(111(7,8)9)49-54-99(94)119)50-52-96(101)117-95-51-47-75(76-56-83(112(10,11)12)65-84(57-76)113(13,14)15)60-100(95)121(105-64-79(63-104(120)107(105)117)77-58-85(114(16,17)18)66-86(59-77)115(19,20)21)108-91(72-37-28-25-29-38-72)69-87(116(22,23)24)70-92(108)73-39-30-26-31-40-73/h25-71H,1-24H3. The van der Waals surface area contributed by atoms with Crippen LogP contribution in [-0.4, -0.2) is 15.8 Å². The third-order valence-electron chi connectivity index (χ3n) is 26.2. The fourth-order valence-corrected chi connectivity index (χ4v) is 18.9. The molecule has 121 heavy (non-hydrogen) atoms. The van der Waals surface area contributed by atoms with Gasteiger partial charge in [0.25, 0.3) is 6.71 Å². The largest absolute Gasteiger partial charge is 0.311 e. The average molecular weight is 1580 g/mol. The van der Waals surface area contributed by atoms with E-state index >= 15 is 0 Å². The first kappa shape index (κ1) is 80.4. The molecule has 0 bridgehead atoms. The minimum absolute atomic E-state index is 0.0812. The van der Waals surface area contributed by atoms with Gasteiger partial charge in [-0.2, -0.15) is 0 Å². The molecule has 0 radical (unpaired) electrons. The topological polar surface area (TPSA) is 16.3 Å². The summed E-state index contributed by atoms with van der Waals surface area (Å²) in [5, 5.41) is 4.88. The smallest absolute Gasteiger partial charge is 0.252 e. The SMILES string of the molecule is CC(C)(C)c1cccc(-c2cc(N3c4cc(-n5c6ccc(C(C)(C)C)cc6c6cc(C(C)(C)C)ccc65)ccc4B4c5ccc(-c6cc(C(C)(C)C)cc(C(C)(C)C)c6)cc5N(c5c(-c6ccccc6)cc(C(C)(C)C)cc5-c5ccccc5)c5cc(-c6cc(C(C)(C)C)cc(C(C)(C)C)c6)cc3c54)c3c4ccccc4n(-c4ccccc4)c3c2)c1. The molecule has 0 unspecified atom stereocenters. The first-order chi connectivity index (χ1) is 57.0. The molecule has 0 saturated carbocycles. The summed E-state index contributed by atoms with van der Waals surface area (Å²) in [4.78, 5) is 5.56. The number of hydrogen-bond acceptors (Lipinski definition) is 2. The molecule has 606 valence electrons. The zero-order chi connectivity index (χ0) is 85.5. The number of fused-ring (bicyclic) bond motifs is 10. The van der Waals surface area contributed by atoms with E-state index in [9.17, 15) is 0 Å². The van der Waals surface area contributed by atoms with Crippen LogP contribution < -0.4 is 26.2 Å². The first-order valence-corrected chi connectivity index (χ1v) is 44.1. The van der Waals surface area contributed by atoms with Crippen LogP contribution in [0.2, 0.25) is 0 Å². The summed E-state index contributed by atoms with van der Waals surface area (Å²) in [5.41, 5.74) is 38.3. The van der Waals surface area contributed by atoms with E-state index in [0.29, 0.717) is 0 Å². The Kier molecular flexibility index (Phi) is 18.9. The Labute approximate surface area is 721 Å². The molecule has 5 heteroatoms. The Balaban J connectivity index is 1.08. The first-order valence-electron chi connectivity index (χ1n) is 44.1. The summed E-state index contributed by atoms with van der Waals surface area (Å²) in [5.74, 6) is 0. The monoisotopic (exact) mass is 1580 g/mol. The highest BCUT2D eigenvalue weighted by molar-refractivity contribution is 7.00. The van der Waals surface area contributed by atoms with Crippen molar-refractivity contribution in [1.82, 2.24) is 9.13 Å². The number of nitrogens with zero attached hydrogens (tertiary/aromatic N) is 4. The normalized spacial score (nSPS) is 13.6.